The molecule has 3 aliphatic rings. The van der Waals surface area contributed by atoms with E-state index < -0.39 is 0 Å². The summed E-state index contributed by atoms with van der Waals surface area (Å²) in [6.45, 7) is 1.26. The van der Waals surface area contributed by atoms with E-state index in [1.807, 2.05) is 12.1 Å². The lowest BCUT2D eigenvalue weighted by atomic mass is 9.86. The average molecular weight is 189 g/mol. The van der Waals surface area contributed by atoms with Crippen molar-refractivity contribution in [2.45, 2.75) is 18.9 Å². The van der Waals surface area contributed by atoms with Crippen molar-refractivity contribution < 1.29 is 4.74 Å². The summed E-state index contributed by atoms with van der Waals surface area (Å²) in [4.78, 5) is 2.53. The zero-order valence-electron chi connectivity index (χ0n) is 8.44. The van der Waals surface area contributed by atoms with Gasteiger partial charge in [-0.2, -0.15) is 0 Å². The second-order valence-corrected chi connectivity index (χ2v) is 4.34. The van der Waals surface area contributed by atoms with E-state index in [1.54, 1.807) is 7.11 Å². The van der Waals surface area contributed by atoms with Gasteiger partial charge in [0.2, 0.25) is 0 Å². The van der Waals surface area contributed by atoms with Crippen LogP contribution in [0.25, 0.3) is 0 Å². The molecule has 1 aromatic rings. The lowest BCUT2D eigenvalue weighted by Gasteiger charge is -2.27. The number of fused-ring (bicyclic) bond motifs is 1. The summed E-state index contributed by atoms with van der Waals surface area (Å²) in [5.74, 6) is 1.92. The molecule has 4 rings (SSSR count). The predicted octanol–water partition coefficient (Wildman–Crippen LogP) is 2.29. The molecule has 2 saturated heterocycles. The van der Waals surface area contributed by atoms with Crippen LogP contribution in [0, 0.1) is 5.92 Å². The van der Waals surface area contributed by atoms with E-state index in [0.29, 0.717) is 0 Å². The zero-order valence-corrected chi connectivity index (χ0v) is 8.44. The number of methoxy groups -OCH3 is 1. The van der Waals surface area contributed by atoms with Crippen LogP contribution in [0.4, 0.5) is 5.69 Å². The van der Waals surface area contributed by atoms with Crippen molar-refractivity contribution in [3.8, 4) is 5.75 Å². The Hall–Kier alpha value is -1.18. The molecule has 2 heterocycles. The molecule has 0 amide bonds. The van der Waals surface area contributed by atoms with Gasteiger partial charge < -0.3 is 9.64 Å². The van der Waals surface area contributed by atoms with E-state index in [1.165, 1.54) is 25.1 Å². The van der Waals surface area contributed by atoms with Gasteiger partial charge in [-0.15, -0.1) is 0 Å². The van der Waals surface area contributed by atoms with Crippen LogP contribution in [0.3, 0.4) is 0 Å². The van der Waals surface area contributed by atoms with Crippen LogP contribution in [-0.4, -0.2) is 19.7 Å². The maximum absolute atomic E-state index is 5.15. The Morgan fingerprint density at radius 1 is 1.21 bits per heavy atom. The lowest BCUT2D eigenvalue weighted by molar-refractivity contribution is 0.381. The number of hydrogen-bond acceptors (Lipinski definition) is 2. The molecular formula is C12H15NO. The van der Waals surface area contributed by atoms with Crippen LogP contribution in [0.1, 0.15) is 12.8 Å². The molecule has 1 aromatic carbocycles. The van der Waals surface area contributed by atoms with Gasteiger partial charge in [0.05, 0.1) is 7.11 Å². The second-order valence-electron chi connectivity index (χ2n) is 4.34. The topological polar surface area (TPSA) is 12.5 Å². The first-order chi connectivity index (χ1) is 6.86. The fourth-order valence-corrected chi connectivity index (χ4v) is 2.62. The third kappa shape index (κ3) is 1.10. The third-order valence-electron chi connectivity index (χ3n) is 3.51. The Morgan fingerprint density at radius 2 is 1.93 bits per heavy atom. The van der Waals surface area contributed by atoms with Crippen molar-refractivity contribution in [2.24, 2.45) is 5.92 Å². The van der Waals surface area contributed by atoms with E-state index >= 15 is 0 Å². The molecule has 74 valence electrons. The molecule has 0 spiro atoms. The molecule has 3 fully saturated rings. The molecule has 0 radical (unpaired) electrons. The van der Waals surface area contributed by atoms with Crippen LogP contribution < -0.4 is 9.64 Å². The van der Waals surface area contributed by atoms with E-state index in [0.717, 1.165) is 17.7 Å². The zero-order chi connectivity index (χ0) is 9.54. The Bertz CT molecular complexity index is 327. The number of nitrogens with zero attached hydrogens (tertiary/aromatic N) is 1. The van der Waals surface area contributed by atoms with Gasteiger partial charge >= 0.3 is 0 Å². The highest BCUT2D eigenvalue weighted by molar-refractivity contribution is 5.52. The smallest absolute Gasteiger partial charge is 0.119 e. The first-order valence-electron chi connectivity index (χ1n) is 5.27. The fourth-order valence-electron chi connectivity index (χ4n) is 2.62. The molecule has 0 unspecified atom stereocenters. The highest BCUT2D eigenvalue weighted by Crippen LogP contribution is 2.43. The van der Waals surface area contributed by atoms with Crippen molar-refractivity contribution in [1.29, 1.82) is 0 Å². The first-order valence-corrected chi connectivity index (χ1v) is 5.27. The van der Waals surface area contributed by atoms with Crippen LogP contribution in [0.2, 0.25) is 0 Å². The summed E-state index contributed by atoms with van der Waals surface area (Å²) >= 11 is 0. The van der Waals surface area contributed by atoms with Gasteiger partial charge in [0.1, 0.15) is 5.75 Å². The van der Waals surface area contributed by atoms with Crippen molar-refractivity contribution in [3.05, 3.63) is 24.3 Å². The molecule has 1 aliphatic carbocycles. The van der Waals surface area contributed by atoms with Gasteiger partial charge in [0.25, 0.3) is 0 Å². The number of benzene rings is 1. The Labute approximate surface area is 84.5 Å². The van der Waals surface area contributed by atoms with Crippen LogP contribution in [0.15, 0.2) is 24.3 Å². The maximum Gasteiger partial charge on any atom is 0.119 e. The number of ether oxygens (including phenoxy) is 1. The van der Waals surface area contributed by atoms with E-state index in [-0.39, 0.29) is 0 Å². The number of hydrogen-bond donors (Lipinski definition) is 0. The molecule has 2 bridgehead atoms. The number of rotatable bonds is 2. The van der Waals surface area contributed by atoms with E-state index in [2.05, 4.69) is 17.0 Å². The third-order valence-corrected chi connectivity index (χ3v) is 3.51. The average Bonchev–Trinajstić information content (AvgIpc) is 2.76. The predicted molar refractivity (Wildman–Crippen MR) is 56.9 cm³/mol. The minimum atomic E-state index is 0.827. The summed E-state index contributed by atoms with van der Waals surface area (Å²) in [6.07, 6.45) is 2.82. The Kier molecular flexibility index (Phi) is 1.69. The molecule has 14 heavy (non-hydrogen) atoms. The maximum atomic E-state index is 5.15. The normalized spacial score (nSPS) is 28.8. The van der Waals surface area contributed by atoms with Crippen LogP contribution >= 0.6 is 0 Å². The lowest BCUT2D eigenvalue weighted by Crippen LogP contribution is -2.28. The molecule has 0 N–H and O–H groups in total. The van der Waals surface area contributed by atoms with Gasteiger partial charge in [-0.1, -0.05) is 0 Å². The SMILES string of the molecule is COc1ccc(N2CC3CC2C3)cc1. The summed E-state index contributed by atoms with van der Waals surface area (Å²) < 4.78 is 5.15. The molecule has 0 atom stereocenters. The van der Waals surface area contributed by atoms with E-state index in [9.17, 15) is 0 Å². The molecule has 2 nitrogen and oxygen atoms in total. The van der Waals surface area contributed by atoms with Crippen molar-refractivity contribution in [1.82, 2.24) is 0 Å². The monoisotopic (exact) mass is 189 g/mol. The van der Waals surface area contributed by atoms with Crippen molar-refractivity contribution in [2.75, 3.05) is 18.6 Å². The standard InChI is InChI=1S/C12H15NO/c1-14-12-4-2-10(3-5-12)13-8-9-6-11(13)7-9/h2-5,9,11H,6-8H2,1H3. The Balaban J connectivity index is 1.83. The van der Waals surface area contributed by atoms with Crippen LogP contribution in [-0.2, 0) is 0 Å². The van der Waals surface area contributed by atoms with Crippen molar-refractivity contribution >= 4 is 5.69 Å². The molecule has 0 aromatic heterocycles. The summed E-state index contributed by atoms with van der Waals surface area (Å²) in [7, 11) is 1.71. The second kappa shape index (κ2) is 2.91. The Morgan fingerprint density at radius 3 is 2.43 bits per heavy atom. The minimum Gasteiger partial charge on any atom is -0.497 e. The number of anilines is 1. The van der Waals surface area contributed by atoms with Crippen LogP contribution in [0.5, 0.6) is 5.75 Å². The van der Waals surface area contributed by atoms with E-state index in [4.69, 9.17) is 4.74 Å². The van der Waals surface area contributed by atoms with Crippen molar-refractivity contribution in [3.63, 3.8) is 0 Å². The van der Waals surface area contributed by atoms with Gasteiger partial charge in [-0.05, 0) is 43.0 Å². The first kappa shape index (κ1) is 8.16. The molecule has 2 aliphatic heterocycles. The summed E-state index contributed by atoms with van der Waals surface area (Å²) in [6, 6.07) is 9.25. The highest BCUT2D eigenvalue weighted by Gasteiger charge is 2.42. The summed E-state index contributed by atoms with van der Waals surface area (Å²) in [5, 5.41) is 0. The largest absolute Gasteiger partial charge is 0.497 e. The molecule has 2 heteroatoms. The fraction of sp³-hybridized carbons (Fsp3) is 0.500. The van der Waals surface area contributed by atoms with Gasteiger partial charge in [0.15, 0.2) is 0 Å². The molecule has 1 saturated carbocycles. The molecular weight excluding hydrogens is 174 g/mol. The van der Waals surface area contributed by atoms with Gasteiger partial charge in [-0.3, -0.25) is 0 Å². The van der Waals surface area contributed by atoms with Gasteiger partial charge in [-0.25, -0.2) is 0 Å². The summed E-state index contributed by atoms with van der Waals surface area (Å²) in [5.41, 5.74) is 1.36. The highest BCUT2D eigenvalue weighted by atomic mass is 16.5. The minimum absolute atomic E-state index is 0.827. The quantitative estimate of drug-likeness (QED) is 0.707. The van der Waals surface area contributed by atoms with Gasteiger partial charge in [0, 0.05) is 18.3 Å².